The molecule has 1 unspecified atom stereocenters. The van der Waals surface area contributed by atoms with E-state index in [1.165, 1.54) is 32.4 Å². The summed E-state index contributed by atoms with van der Waals surface area (Å²) in [5.41, 5.74) is 1.80. The number of allylic oxidation sites excluding steroid dienone is 1. The molecular weight excluding hydrogens is 367 g/mol. The van der Waals surface area contributed by atoms with Gasteiger partial charge in [0.05, 0.1) is 12.6 Å². The van der Waals surface area contributed by atoms with E-state index in [0.717, 1.165) is 0 Å². The Morgan fingerprint density at radius 3 is 2.86 bits per heavy atom. The van der Waals surface area contributed by atoms with Crippen LogP contribution in [0.1, 0.15) is 29.2 Å². The van der Waals surface area contributed by atoms with Crippen molar-refractivity contribution >= 4 is 33.7 Å². The first kappa shape index (κ1) is 17.7. The zero-order chi connectivity index (χ0) is 19.8. The van der Waals surface area contributed by atoms with Gasteiger partial charge in [0.25, 0.3) is 0 Å². The minimum Gasteiger partial charge on any atom is -0.477 e. The van der Waals surface area contributed by atoms with Crippen molar-refractivity contribution < 1.29 is 28.2 Å². The molecule has 0 saturated heterocycles. The van der Waals surface area contributed by atoms with Crippen LogP contribution in [0.15, 0.2) is 48.4 Å². The number of H-pyrrole nitrogens is 1. The molecule has 0 saturated carbocycles. The van der Waals surface area contributed by atoms with Gasteiger partial charge < -0.3 is 19.2 Å². The molecule has 1 aliphatic heterocycles. The van der Waals surface area contributed by atoms with Gasteiger partial charge >= 0.3 is 11.9 Å². The minimum atomic E-state index is -0.633. The number of nitrogens with zero attached hydrogens (tertiary/aromatic N) is 1. The molecule has 0 bridgehead atoms. The van der Waals surface area contributed by atoms with Gasteiger partial charge in [0, 0.05) is 23.2 Å². The first-order chi connectivity index (χ1) is 13.5. The summed E-state index contributed by atoms with van der Waals surface area (Å²) in [4.78, 5) is 30.6. The second-order valence-corrected chi connectivity index (χ2v) is 6.15. The lowest BCUT2D eigenvalue weighted by molar-refractivity contribution is -0.135. The number of hydrogen-bond acceptors (Lipinski definition) is 6. The van der Waals surface area contributed by atoms with Gasteiger partial charge in [-0.05, 0) is 36.4 Å². The Balaban J connectivity index is 1.86. The normalized spacial score (nSPS) is 17.2. The molecule has 1 aliphatic rings. The van der Waals surface area contributed by atoms with Crippen LogP contribution in [0.25, 0.3) is 21.8 Å². The SMILES string of the molecule is COC(=O)c1cc2c([nH]c3ccc(F)cc32)c(C2C=CC(=COC(C)=O)O2)n1. The first-order valence-corrected chi connectivity index (χ1v) is 8.38. The van der Waals surface area contributed by atoms with E-state index >= 15 is 0 Å². The number of carbonyl (C=O) groups is 2. The largest absolute Gasteiger partial charge is 0.477 e. The van der Waals surface area contributed by atoms with Crippen LogP contribution in [0.2, 0.25) is 0 Å². The van der Waals surface area contributed by atoms with Gasteiger partial charge in [0.15, 0.2) is 11.9 Å². The number of nitrogens with one attached hydrogen (secondary N) is 1. The summed E-state index contributed by atoms with van der Waals surface area (Å²) < 4.78 is 29.1. The molecule has 0 aliphatic carbocycles. The quantitative estimate of drug-likeness (QED) is 0.549. The zero-order valence-corrected chi connectivity index (χ0v) is 15.0. The third kappa shape index (κ3) is 3.09. The van der Waals surface area contributed by atoms with Crippen LogP contribution in [0.3, 0.4) is 0 Å². The first-order valence-electron chi connectivity index (χ1n) is 8.38. The van der Waals surface area contributed by atoms with Crippen molar-refractivity contribution in [2.45, 2.75) is 13.0 Å². The Labute approximate surface area is 158 Å². The van der Waals surface area contributed by atoms with Crippen LogP contribution in [-0.4, -0.2) is 29.0 Å². The van der Waals surface area contributed by atoms with Crippen LogP contribution in [-0.2, 0) is 19.0 Å². The second-order valence-electron chi connectivity index (χ2n) is 6.15. The van der Waals surface area contributed by atoms with Crippen LogP contribution >= 0.6 is 0 Å². The molecule has 28 heavy (non-hydrogen) atoms. The van der Waals surface area contributed by atoms with Gasteiger partial charge in [-0.2, -0.15) is 0 Å². The lowest BCUT2D eigenvalue weighted by Crippen LogP contribution is -2.09. The number of benzene rings is 1. The number of aromatic nitrogens is 2. The molecule has 0 radical (unpaired) electrons. The van der Waals surface area contributed by atoms with E-state index in [4.69, 9.17) is 14.2 Å². The molecule has 7 nitrogen and oxygen atoms in total. The average Bonchev–Trinajstić information content (AvgIpc) is 3.29. The van der Waals surface area contributed by atoms with Crippen molar-refractivity contribution in [2.24, 2.45) is 0 Å². The summed E-state index contributed by atoms with van der Waals surface area (Å²) >= 11 is 0. The maximum absolute atomic E-state index is 13.8. The average molecular weight is 382 g/mol. The molecule has 0 fully saturated rings. The van der Waals surface area contributed by atoms with Crippen LogP contribution in [0.5, 0.6) is 0 Å². The van der Waals surface area contributed by atoms with Crippen molar-refractivity contribution in [1.82, 2.24) is 9.97 Å². The van der Waals surface area contributed by atoms with E-state index in [2.05, 4.69) is 9.97 Å². The van der Waals surface area contributed by atoms with Crippen molar-refractivity contribution in [3.8, 4) is 0 Å². The number of rotatable bonds is 3. The van der Waals surface area contributed by atoms with Crippen LogP contribution in [0.4, 0.5) is 4.39 Å². The highest BCUT2D eigenvalue weighted by Crippen LogP contribution is 2.35. The summed E-state index contributed by atoms with van der Waals surface area (Å²) in [6.45, 7) is 1.28. The molecule has 3 aromatic rings. The van der Waals surface area contributed by atoms with Crippen LogP contribution < -0.4 is 0 Å². The third-order valence-electron chi connectivity index (χ3n) is 4.28. The van der Waals surface area contributed by atoms with Gasteiger partial charge in [-0.1, -0.05) is 0 Å². The van der Waals surface area contributed by atoms with Crippen LogP contribution in [0, 0.1) is 5.82 Å². The monoisotopic (exact) mass is 382 g/mol. The third-order valence-corrected chi connectivity index (χ3v) is 4.28. The highest BCUT2D eigenvalue weighted by atomic mass is 19.1. The summed E-state index contributed by atoms with van der Waals surface area (Å²) in [5.74, 6) is -1.15. The molecule has 3 heterocycles. The number of methoxy groups -OCH3 is 1. The van der Waals surface area contributed by atoms with E-state index in [9.17, 15) is 14.0 Å². The Hall–Kier alpha value is -3.68. The number of halogens is 1. The van der Waals surface area contributed by atoms with Gasteiger partial charge in [-0.25, -0.2) is 14.2 Å². The summed E-state index contributed by atoms with van der Waals surface area (Å²) in [5, 5.41) is 1.23. The fourth-order valence-corrected chi connectivity index (χ4v) is 3.07. The molecule has 1 atom stereocenters. The molecular formula is C20H15FN2O5. The van der Waals surface area contributed by atoms with E-state index in [1.54, 1.807) is 24.3 Å². The van der Waals surface area contributed by atoms with Gasteiger partial charge in [-0.3, -0.25) is 4.79 Å². The molecule has 1 N–H and O–H groups in total. The summed E-state index contributed by atoms with van der Waals surface area (Å²) in [6.07, 6.45) is 3.91. The highest BCUT2D eigenvalue weighted by molar-refractivity contribution is 6.09. The van der Waals surface area contributed by atoms with Crippen molar-refractivity contribution in [1.29, 1.82) is 0 Å². The minimum absolute atomic E-state index is 0.0737. The lowest BCUT2D eigenvalue weighted by Gasteiger charge is -2.12. The Morgan fingerprint density at radius 1 is 1.29 bits per heavy atom. The number of fused-ring (bicyclic) bond motifs is 3. The van der Waals surface area contributed by atoms with E-state index < -0.39 is 23.9 Å². The van der Waals surface area contributed by atoms with Crippen molar-refractivity contribution in [3.05, 3.63) is 65.6 Å². The maximum atomic E-state index is 13.8. The number of carbonyl (C=O) groups excluding carboxylic acids is 2. The molecule has 0 amide bonds. The predicted molar refractivity (Wildman–Crippen MR) is 97.7 cm³/mol. The number of esters is 2. The fourth-order valence-electron chi connectivity index (χ4n) is 3.07. The number of ether oxygens (including phenoxy) is 3. The topological polar surface area (TPSA) is 90.5 Å². The van der Waals surface area contributed by atoms with E-state index in [0.29, 0.717) is 33.3 Å². The van der Waals surface area contributed by atoms with E-state index in [-0.39, 0.29) is 5.69 Å². The summed E-state index contributed by atoms with van der Waals surface area (Å²) in [6, 6.07) is 5.90. The molecule has 1 aromatic carbocycles. The Bertz CT molecular complexity index is 1180. The lowest BCUT2D eigenvalue weighted by atomic mass is 10.1. The predicted octanol–water partition coefficient (Wildman–Crippen LogP) is 3.67. The molecule has 0 spiro atoms. The smallest absolute Gasteiger partial charge is 0.356 e. The maximum Gasteiger partial charge on any atom is 0.356 e. The fraction of sp³-hybridized carbons (Fsp3) is 0.150. The van der Waals surface area contributed by atoms with Gasteiger partial charge in [0.2, 0.25) is 0 Å². The molecule has 2 aromatic heterocycles. The number of aromatic amines is 1. The van der Waals surface area contributed by atoms with Gasteiger partial charge in [0.1, 0.15) is 23.5 Å². The summed E-state index contributed by atoms with van der Waals surface area (Å²) in [7, 11) is 1.26. The van der Waals surface area contributed by atoms with E-state index in [1.807, 2.05) is 0 Å². The standard InChI is InChI=1S/C20H15FN2O5/c1-10(24)27-9-12-4-6-17(28-12)19-18-14(8-16(23-19)20(25)26-2)13-7-11(21)3-5-15(13)22-18/h3-9,17,22H,1-2H3. The second kappa shape index (κ2) is 6.80. The Morgan fingerprint density at radius 2 is 2.11 bits per heavy atom. The highest BCUT2D eigenvalue weighted by Gasteiger charge is 2.25. The van der Waals surface area contributed by atoms with Crippen molar-refractivity contribution in [3.63, 3.8) is 0 Å². The van der Waals surface area contributed by atoms with Crippen molar-refractivity contribution in [2.75, 3.05) is 7.11 Å². The molecule has 4 rings (SSSR count). The molecule has 142 valence electrons. The van der Waals surface area contributed by atoms with Gasteiger partial charge in [-0.15, -0.1) is 0 Å². The number of pyridine rings is 1. The zero-order valence-electron chi connectivity index (χ0n) is 15.0. The number of hydrogen-bond donors (Lipinski definition) is 1. The Kier molecular flexibility index (Phi) is 4.31. The molecule has 8 heteroatoms.